The summed E-state index contributed by atoms with van der Waals surface area (Å²) >= 11 is 1.09. The zero-order valence-corrected chi connectivity index (χ0v) is 19.1. The molecule has 0 aromatic carbocycles. The summed E-state index contributed by atoms with van der Waals surface area (Å²) in [5, 5.41) is 2.06. The second-order valence-electron chi connectivity index (χ2n) is 7.24. The third-order valence-electron chi connectivity index (χ3n) is 4.92. The lowest BCUT2D eigenvalue weighted by molar-refractivity contribution is -0.151. The molecule has 0 aromatic rings. The van der Waals surface area contributed by atoms with E-state index in [0.717, 1.165) is 63.1 Å². The van der Waals surface area contributed by atoms with E-state index < -0.39 is 11.2 Å². The number of rotatable bonds is 16. The van der Waals surface area contributed by atoms with E-state index >= 15 is 0 Å². The Morgan fingerprint density at radius 3 is 1.93 bits per heavy atom. The van der Waals surface area contributed by atoms with Crippen LogP contribution in [0.15, 0.2) is 0 Å². The Labute approximate surface area is 176 Å². The summed E-state index contributed by atoms with van der Waals surface area (Å²) in [7, 11) is 0. The zero-order chi connectivity index (χ0) is 21.2. The maximum atomic E-state index is 12.5. The Bertz CT molecular complexity index is 481. The van der Waals surface area contributed by atoms with Crippen LogP contribution in [0.3, 0.4) is 0 Å². The summed E-state index contributed by atoms with van der Waals surface area (Å²) in [6, 6.07) is 0. The molecule has 0 bridgehead atoms. The van der Waals surface area contributed by atoms with Gasteiger partial charge in [0.1, 0.15) is 5.25 Å². The lowest BCUT2D eigenvalue weighted by atomic mass is 10.0. The third kappa shape index (κ3) is 13.0. The molecule has 0 spiro atoms. The SMILES string of the molecule is [CH2-]C#CSC(CC(=O)OCC(CC)CCCC)C(=O)OCC(CC)CCCC. The summed E-state index contributed by atoms with van der Waals surface area (Å²) in [5.74, 6) is 2.50. The van der Waals surface area contributed by atoms with E-state index in [4.69, 9.17) is 9.47 Å². The summed E-state index contributed by atoms with van der Waals surface area (Å²) in [4.78, 5) is 24.7. The highest BCUT2D eigenvalue weighted by Crippen LogP contribution is 2.20. The number of carbonyl (C=O) groups excluding carboxylic acids is 2. The molecule has 0 rings (SSSR count). The first-order chi connectivity index (χ1) is 13.5. The first-order valence-electron chi connectivity index (χ1n) is 10.8. The van der Waals surface area contributed by atoms with E-state index in [-0.39, 0.29) is 12.4 Å². The maximum Gasteiger partial charge on any atom is 0.318 e. The third-order valence-corrected chi connectivity index (χ3v) is 5.82. The van der Waals surface area contributed by atoms with Crippen LogP contribution >= 0.6 is 11.8 Å². The van der Waals surface area contributed by atoms with Crippen LogP contribution in [0.4, 0.5) is 0 Å². The van der Waals surface area contributed by atoms with Crippen LogP contribution in [-0.4, -0.2) is 30.4 Å². The minimum atomic E-state index is -0.666. The highest BCUT2D eigenvalue weighted by Gasteiger charge is 2.24. The van der Waals surface area contributed by atoms with Crippen LogP contribution in [0.5, 0.6) is 0 Å². The van der Waals surface area contributed by atoms with Crippen molar-refractivity contribution < 1.29 is 19.1 Å². The predicted octanol–water partition coefficient (Wildman–Crippen LogP) is 5.79. The van der Waals surface area contributed by atoms with Crippen molar-refractivity contribution in [2.45, 2.75) is 90.7 Å². The van der Waals surface area contributed by atoms with Gasteiger partial charge in [-0.1, -0.05) is 66.2 Å². The number of thioether (sulfide) groups is 1. The van der Waals surface area contributed by atoms with Crippen LogP contribution < -0.4 is 0 Å². The molecule has 0 fully saturated rings. The summed E-state index contributed by atoms with van der Waals surface area (Å²) in [5.41, 5.74) is 0. The monoisotopic (exact) mass is 411 g/mol. The minimum Gasteiger partial charge on any atom is -0.465 e. The quantitative estimate of drug-likeness (QED) is 0.183. The summed E-state index contributed by atoms with van der Waals surface area (Å²) < 4.78 is 10.9. The fraction of sp³-hybridized carbons (Fsp3) is 0.783. The molecule has 0 amide bonds. The van der Waals surface area contributed by atoms with Gasteiger partial charge in [0.15, 0.2) is 0 Å². The molecule has 4 nitrogen and oxygen atoms in total. The van der Waals surface area contributed by atoms with Gasteiger partial charge in [-0.3, -0.25) is 20.8 Å². The molecule has 0 saturated carbocycles. The van der Waals surface area contributed by atoms with E-state index in [0.29, 0.717) is 25.0 Å². The highest BCUT2D eigenvalue weighted by molar-refractivity contribution is 8.05. The van der Waals surface area contributed by atoms with Crippen LogP contribution in [0, 0.1) is 29.9 Å². The van der Waals surface area contributed by atoms with Gasteiger partial charge in [-0.15, -0.1) is 0 Å². The van der Waals surface area contributed by atoms with E-state index in [1.165, 1.54) is 0 Å². The van der Waals surface area contributed by atoms with E-state index in [1.54, 1.807) is 0 Å². The zero-order valence-electron chi connectivity index (χ0n) is 18.3. The van der Waals surface area contributed by atoms with Gasteiger partial charge in [0.2, 0.25) is 0 Å². The average molecular weight is 412 g/mol. The molecule has 5 heteroatoms. The Morgan fingerprint density at radius 2 is 1.46 bits per heavy atom. The van der Waals surface area contributed by atoms with Crippen molar-refractivity contribution in [1.29, 1.82) is 0 Å². The molecule has 0 saturated heterocycles. The van der Waals surface area contributed by atoms with Gasteiger partial charge in [0, 0.05) is 0 Å². The predicted molar refractivity (Wildman–Crippen MR) is 118 cm³/mol. The van der Waals surface area contributed by atoms with Crippen molar-refractivity contribution in [3.05, 3.63) is 6.92 Å². The Balaban J connectivity index is 4.58. The molecular formula is C23H39O4S-. The fourth-order valence-corrected chi connectivity index (χ4v) is 3.41. The molecule has 0 N–H and O–H groups in total. The van der Waals surface area contributed by atoms with Gasteiger partial charge in [0.25, 0.3) is 0 Å². The number of hydrogen-bond acceptors (Lipinski definition) is 5. The first kappa shape index (κ1) is 26.7. The number of ether oxygens (including phenoxy) is 2. The van der Waals surface area contributed by atoms with Crippen molar-refractivity contribution in [3.8, 4) is 11.2 Å². The van der Waals surface area contributed by atoms with Gasteiger partial charge in [-0.2, -0.15) is 18.7 Å². The minimum absolute atomic E-state index is 0.0197. The lowest BCUT2D eigenvalue weighted by Gasteiger charge is -2.19. The van der Waals surface area contributed by atoms with Gasteiger partial charge >= 0.3 is 11.9 Å². The van der Waals surface area contributed by atoms with Crippen molar-refractivity contribution in [2.75, 3.05) is 13.2 Å². The number of hydrogen-bond donors (Lipinski definition) is 0. The molecule has 0 aliphatic carbocycles. The maximum absolute atomic E-state index is 12.5. The molecule has 0 heterocycles. The van der Waals surface area contributed by atoms with Crippen molar-refractivity contribution in [1.82, 2.24) is 0 Å². The van der Waals surface area contributed by atoms with Crippen LogP contribution in [0.1, 0.15) is 85.5 Å². The molecule has 0 aromatic heterocycles. The van der Waals surface area contributed by atoms with E-state index in [2.05, 4.69) is 45.8 Å². The Kier molecular flexibility index (Phi) is 17.0. The van der Waals surface area contributed by atoms with Gasteiger partial charge in [0.05, 0.1) is 19.6 Å². The number of unbranched alkanes of at least 4 members (excludes halogenated alkanes) is 2. The molecule has 0 aliphatic heterocycles. The largest absolute Gasteiger partial charge is 0.465 e. The summed E-state index contributed by atoms with van der Waals surface area (Å²) in [6.07, 6.45) is 8.58. The van der Waals surface area contributed by atoms with Gasteiger partial charge < -0.3 is 9.47 Å². The van der Waals surface area contributed by atoms with Crippen molar-refractivity contribution >= 4 is 23.7 Å². The average Bonchev–Trinajstić information content (AvgIpc) is 2.71. The number of esters is 2. The Hall–Kier alpha value is -1.28. The second kappa shape index (κ2) is 17.8. The van der Waals surface area contributed by atoms with Crippen LogP contribution in [0.25, 0.3) is 0 Å². The standard InChI is InChI=1S/C23H39O4S/c1-6-11-13-19(9-4)17-26-22(24)16-21(28-15-8-3)23(25)27-18-20(10-5)14-12-7-2/h19-21H,3,6-7,9-14,16-18H2,1-2,4-5H3/q-1. The molecular weight excluding hydrogens is 372 g/mol. The molecule has 162 valence electrons. The molecule has 3 unspecified atom stereocenters. The first-order valence-corrected chi connectivity index (χ1v) is 11.6. The topological polar surface area (TPSA) is 52.6 Å². The molecule has 3 atom stereocenters. The van der Waals surface area contributed by atoms with E-state index in [9.17, 15) is 9.59 Å². The van der Waals surface area contributed by atoms with E-state index in [1.807, 2.05) is 0 Å². The second-order valence-corrected chi connectivity index (χ2v) is 8.24. The van der Waals surface area contributed by atoms with Crippen LogP contribution in [-0.2, 0) is 19.1 Å². The highest BCUT2D eigenvalue weighted by atomic mass is 32.2. The lowest BCUT2D eigenvalue weighted by Crippen LogP contribution is -2.27. The van der Waals surface area contributed by atoms with Gasteiger partial charge in [-0.25, -0.2) is 0 Å². The summed E-state index contributed by atoms with van der Waals surface area (Å²) in [6.45, 7) is 12.8. The number of carbonyl (C=O) groups is 2. The molecule has 28 heavy (non-hydrogen) atoms. The smallest absolute Gasteiger partial charge is 0.318 e. The van der Waals surface area contributed by atoms with Gasteiger partial charge in [-0.05, 0) is 24.7 Å². The van der Waals surface area contributed by atoms with Crippen LogP contribution in [0.2, 0.25) is 0 Å². The Morgan fingerprint density at radius 1 is 0.929 bits per heavy atom. The molecule has 0 aliphatic rings. The van der Waals surface area contributed by atoms with Crippen molar-refractivity contribution in [2.24, 2.45) is 11.8 Å². The molecule has 0 radical (unpaired) electrons. The van der Waals surface area contributed by atoms with Crippen molar-refractivity contribution in [3.63, 3.8) is 0 Å². The normalized spacial score (nSPS) is 13.7. The fourth-order valence-electron chi connectivity index (χ4n) is 2.80.